The average Bonchev–Trinajstić information content (AvgIpc) is 2.53. The van der Waals surface area contributed by atoms with Crippen molar-refractivity contribution in [1.82, 2.24) is 10.6 Å². The lowest BCUT2D eigenvalue weighted by Gasteiger charge is -2.18. The highest BCUT2D eigenvalue weighted by Crippen LogP contribution is 2.18. The van der Waals surface area contributed by atoms with Gasteiger partial charge in [0, 0.05) is 22.7 Å². The van der Waals surface area contributed by atoms with Crippen molar-refractivity contribution in [3.63, 3.8) is 0 Å². The molecule has 6 heteroatoms. The summed E-state index contributed by atoms with van der Waals surface area (Å²) in [6, 6.07) is 10.0. The maximum atomic E-state index is 13.7. The molecule has 0 fully saturated rings. The van der Waals surface area contributed by atoms with Gasteiger partial charge in [-0.2, -0.15) is 0 Å². The van der Waals surface area contributed by atoms with E-state index in [-0.39, 0.29) is 18.5 Å². The Morgan fingerprint density at radius 1 is 1.08 bits per heavy atom. The van der Waals surface area contributed by atoms with Gasteiger partial charge in [-0.3, -0.25) is 4.79 Å². The van der Waals surface area contributed by atoms with E-state index >= 15 is 0 Å². The Kier molecular flexibility index (Phi) is 6.29. The smallest absolute Gasteiger partial charge is 0.234 e. The molecule has 0 aromatic heterocycles. The molecule has 2 rings (SSSR count). The van der Waals surface area contributed by atoms with E-state index in [9.17, 15) is 13.6 Å². The van der Waals surface area contributed by atoms with E-state index in [2.05, 4.69) is 10.6 Å². The lowest BCUT2D eigenvalue weighted by atomic mass is 10.1. The van der Waals surface area contributed by atoms with Gasteiger partial charge < -0.3 is 10.6 Å². The zero-order valence-electron chi connectivity index (χ0n) is 13.4. The largest absolute Gasteiger partial charge is 0.348 e. The van der Waals surface area contributed by atoms with Gasteiger partial charge in [0.25, 0.3) is 0 Å². The Hall–Kier alpha value is -1.98. The summed E-state index contributed by atoms with van der Waals surface area (Å²) in [5.74, 6) is -1.48. The first kappa shape index (κ1) is 18.4. The highest BCUT2D eigenvalue weighted by atomic mass is 35.5. The van der Waals surface area contributed by atoms with E-state index in [0.29, 0.717) is 10.6 Å². The van der Waals surface area contributed by atoms with Crippen LogP contribution < -0.4 is 10.6 Å². The van der Waals surface area contributed by atoms with Crippen molar-refractivity contribution < 1.29 is 13.6 Å². The number of benzene rings is 2. The fourth-order valence-corrected chi connectivity index (χ4v) is 2.46. The van der Waals surface area contributed by atoms with E-state index in [4.69, 9.17) is 11.6 Å². The van der Waals surface area contributed by atoms with Crippen LogP contribution in [0, 0.1) is 11.6 Å². The van der Waals surface area contributed by atoms with Gasteiger partial charge in [-0.05, 0) is 37.6 Å². The first-order valence-electron chi connectivity index (χ1n) is 7.60. The Balaban J connectivity index is 1.87. The van der Waals surface area contributed by atoms with Crippen molar-refractivity contribution in [2.45, 2.75) is 25.9 Å². The third kappa shape index (κ3) is 5.01. The van der Waals surface area contributed by atoms with Crippen LogP contribution >= 0.6 is 11.6 Å². The fourth-order valence-electron chi connectivity index (χ4n) is 2.34. The summed E-state index contributed by atoms with van der Waals surface area (Å²) in [4.78, 5) is 12.0. The molecular formula is C18H19ClF2N2O. The lowest BCUT2D eigenvalue weighted by molar-refractivity contribution is -0.121. The summed E-state index contributed by atoms with van der Waals surface area (Å²) in [7, 11) is 0. The molecule has 0 radical (unpaired) electrons. The summed E-state index contributed by atoms with van der Waals surface area (Å²) >= 11 is 5.84. The minimum Gasteiger partial charge on any atom is -0.348 e. The normalized spacial score (nSPS) is 13.4. The van der Waals surface area contributed by atoms with Gasteiger partial charge in [0.1, 0.15) is 11.6 Å². The number of carbonyl (C=O) groups excluding carboxylic acids is 1. The molecule has 0 aliphatic heterocycles. The summed E-state index contributed by atoms with van der Waals surface area (Å²) < 4.78 is 26.6. The fraction of sp³-hybridized carbons (Fsp3) is 0.278. The first-order chi connectivity index (χ1) is 11.4. The van der Waals surface area contributed by atoms with Crippen LogP contribution in [0.1, 0.15) is 37.1 Å². The molecule has 0 unspecified atom stereocenters. The molecule has 0 bridgehead atoms. The zero-order chi connectivity index (χ0) is 17.7. The third-order valence-electron chi connectivity index (χ3n) is 3.75. The van der Waals surface area contributed by atoms with E-state index in [1.165, 1.54) is 12.1 Å². The Labute approximate surface area is 145 Å². The predicted octanol–water partition coefficient (Wildman–Crippen LogP) is 4.15. The van der Waals surface area contributed by atoms with Crippen molar-refractivity contribution in [2.75, 3.05) is 6.54 Å². The zero-order valence-corrected chi connectivity index (χ0v) is 14.2. The van der Waals surface area contributed by atoms with Crippen LogP contribution in [-0.2, 0) is 4.79 Å². The maximum absolute atomic E-state index is 13.7. The second-order valence-corrected chi connectivity index (χ2v) is 6.05. The second kappa shape index (κ2) is 8.22. The molecule has 0 saturated carbocycles. The molecule has 128 valence electrons. The van der Waals surface area contributed by atoms with Crippen LogP contribution in [0.2, 0.25) is 5.02 Å². The highest BCUT2D eigenvalue weighted by molar-refractivity contribution is 6.30. The molecule has 2 aromatic carbocycles. The Bertz CT molecular complexity index is 707. The van der Waals surface area contributed by atoms with Gasteiger partial charge in [-0.25, -0.2) is 8.78 Å². The third-order valence-corrected chi connectivity index (χ3v) is 4.00. The molecule has 0 heterocycles. The predicted molar refractivity (Wildman–Crippen MR) is 90.8 cm³/mol. The quantitative estimate of drug-likeness (QED) is 0.820. The van der Waals surface area contributed by atoms with E-state index < -0.39 is 17.7 Å². The SMILES string of the molecule is C[C@H](NC(=O)CN[C@@H](C)c1ccc(F)cc1F)c1ccc(Cl)cc1. The molecule has 2 N–H and O–H groups in total. The van der Waals surface area contributed by atoms with Crippen molar-refractivity contribution >= 4 is 17.5 Å². The number of rotatable bonds is 6. The lowest BCUT2D eigenvalue weighted by Crippen LogP contribution is -2.36. The summed E-state index contributed by atoms with van der Waals surface area (Å²) in [5, 5.41) is 6.41. The summed E-state index contributed by atoms with van der Waals surface area (Å²) in [5.41, 5.74) is 1.25. The number of hydrogen-bond acceptors (Lipinski definition) is 2. The Morgan fingerprint density at radius 3 is 2.38 bits per heavy atom. The van der Waals surface area contributed by atoms with Gasteiger partial charge in [-0.15, -0.1) is 0 Å². The molecule has 0 saturated heterocycles. The maximum Gasteiger partial charge on any atom is 0.234 e. The standard InChI is InChI=1S/C18H19ClF2N2O/c1-11(13-3-5-14(19)6-4-13)23-18(24)10-22-12(2)16-8-7-15(20)9-17(16)21/h3-9,11-12,22H,10H2,1-2H3,(H,23,24)/t11-,12-/m0/s1. The minimum absolute atomic E-state index is 0.0237. The summed E-state index contributed by atoms with van der Waals surface area (Å²) in [6.45, 7) is 3.60. The molecule has 2 atom stereocenters. The van der Waals surface area contributed by atoms with Crippen LogP contribution in [-0.4, -0.2) is 12.5 Å². The van der Waals surface area contributed by atoms with Crippen LogP contribution in [0.3, 0.4) is 0 Å². The van der Waals surface area contributed by atoms with E-state index in [1.54, 1.807) is 19.1 Å². The molecule has 0 spiro atoms. The molecule has 0 aliphatic carbocycles. The number of halogens is 3. The average molecular weight is 353 g/mol. The van der Waals surface area contributed by atoms with Crippen LogP contribution in [0.5, 0.6) is 0 Å². The van der Waals surface area contributed by atoms with Crippen LogP contribution in [0.15, 0.2) is 42.5 Å². The monoisotopic (exact) mass is 352 g/mol. The van der Waals surface area contributed by atoms with Crippen molar-refractivity contribution in [3.8, 4) is 0 Å². The molecule has 24 heavy (non-hydrogen) atoms. The van der Waals surface area contributed by atoms with Gasteiger partial charge in [0.05, 0.1) is 12.6 Å². The van der Waals surface area contributed by atoms with Gasteiger partial charge in [0.2, 0.25) is 5.91 Å². The topological polar surface area (TPSA) is 41.1 Å². The van der Waals surface area contributed by atoms with Crippen LogP contribution in [0.4, 0.5) is 8.78 Å². The summed E-state index contributed by atoms with van der Waals surface area (Å²) in [6.07, 6.45) is 0. The molecular weight excluding hydrogens is 334 g/mol. The van der Waals surface area contributed by atoms with Crippen LogP contribution in [0.25, 0.3) is 0 Å². The van der Waals surface area contributed by atoms with Gasteiger partial charge in [-0.1, -0.05) is 29.8 Å². The van der Waals surface area contributed by atoms with E-state index in [0.717, 1.165) is 11.6 Å². The first-order valence-corrected chi connectivity index (χ1v) is 7.97. The number of nitrogens with one attached hydrogen (secondary N) is 2. The number of carbonyl (C=O) groups is 1. The highest BCUT2D eigenvalue weighted by Gasteiger charge is 2.14. The number of hydrogen-bond donors (Lipinski definition) is 2. The Morgan fingerprint density at radius 2 is 1.75 bits per heavy atom. The van der Waals surface area contributed by atoms with Gasteiger partial charge in [0.15, 0.2) is 0 Å². The molecule has 3 nitrogen and oxygen atoms in total. The molecule has 1 amide bonds. The van der Waals surface area contributed by atoms with E-state index in [1.807, 2.05) is 19.1 Å². The van der Waals surface area contributed by atoms with Gasteiger partial charge >= 0.3 is 0 Å². The number of amides is 1. The molecule has 0 aliphatic rings. The second-order valence-electron chi connectivity index (χ2n) is 5.61. The van der Waals surface area contributed by atoms with Crippen molar-refractivity contribution in [2.24, 2.45) is 0 Å². The van der Waals surface area contributed by atoms with Crippen molar-refractivity contribution in [3.05, 3.63) is 70.2 Å². The minimum atomic E-state index is -0.634. The van der Waals surface area contributed by atoms with Crippen molar-refractivity contribution in [1.29, 1.82) is 0 Å². The molecule has 2 aromatic rings.